The van der Waals surface area contributed by atoms with Crippen LogP contribution in [-0.2, 0) is 5.60 Å². The van der Waals surface area contributed by atoms with Crippen LogP contribution in [-0.4, -0.2) is 24.3 Å². The van der Waals surface area contributed by atoms with Gasteiger partial charge in [-0.15, -0.1) is 0 Å². The third-order valence-electron chi connectivity index (χ3n) is 3.45. The van der Waals surface area contributed by atoms with E-state index in [2.05, 4.69) is 9.98 Å². The highest BCUT2D eigenvalue weighted by molar-refractivity contribution is 5.69. The summed E-state index contributed by atoms with van der Waals surface area (Å²) >= 11 is 0. The second kappa shape index (κ2) is 6.95. The van der Waals surface area contributed by atoms with E-state index in [9.17, 15) is 9.50 Å². The number of hydrogen-bond donors (Lipinski definition) is 2. The summed E-state index contributed by atoms with van der Waals surface area (Å²) in [5, 5.41) is 20.0. The summed E-state index contributed by atoms with van der Waals surface area (Å²) in [5.41, 5.74) is 5.04. The molecule has 0 amide bonds. The van der Waals surface area contributed by atoms with E-state index in [0.717, 1.165) is 6.34 Å². The predicted octanol–water partition coefficient (Wildman–Crippen LogP) is 1.81. The smallest absolute Gasteiger partial charge is 0.126 e. The molecule has 2 atom stereocenters. The third-order valence-corrected chi connectivity index (χ3v) is 3.45. The zero-order valence-corrected chi connectivity index (χ0v) is 12.3. The first-order valence-electron chi connectivity index (χ1n) is 6.47. The van der Waals surface area contributed by atoms with Crippen LogP contribution in [0.3, 0.4) is 0 Å². The number of aliphatic hydroxyl groups is 1. The first kappa shape index (κ1) is 16.8. The first-order valence-corrected chi connectivity index (χ1v) is 6.47. The topological polar surface area (TPSA) is 94.8 Å². The molecule has 0 aliphatic heterocycles. The molecule has 0 radical (unpaired) electrons. The van der Waals surface area contributed by atoms with Crippen molar-refractivity contribution in [2.75, 3.05) is 6.54 Å². The second-order valence-electron chi connectivity index (χ2n) is 4.95. The van der Waals surface area contributed by atoms with Crippen molar-refractivity contribution in [3.63, 3.8) is 0 Å². The number of benzene rings is 1. The monoisotopic (exact) mass is 290 g/mol. The van der Waals surface area contributed by atoms with Gasteiger partial charge in [-0.25, -0.2) is 9.38 Å². The molecular formula is C15H19FN4O. The summed E-state index contributed by atoms with van der Waals surface area (Å²) in [6.07, 6.45) is 2.25. The van der Waals surface area contributed by atoms with E-state index in [-0.39, 0.29) is 6.54 Å². The van der Waals surface area contributed by atoms with Crippen molar-refractivity contribution in [3.8, 4) is 6.07 Å². The molecule has 0 aromatic heterocycles. The van der Waals surface area contributed by atoms with Crippen LogP contribution in [0.4, 0.5) is 4.39 Å². The number of aliphatic imine (C=N–C) groups is 2. The van der Waals surface area contributed by atoms with E-state index in [1.165, 1.54) is 12.4 Å². The summed E-state index contributed by atoms with van der Waals surface area (Å²) in [7, 11) is 0. The molecule has 0 heterocycles. The van der Waals surface area contributed by atoms with E-state index in [4.69, 9.17) is 11.0 Å². The SMILES string of the molecule is Cc1cc(C)c(C(O)(CN=CN=CN)C(C)C#N)cc1F. The van der Waals surface area contributed by atoms with Gasteiger partial charge in [-0.1, -0.05) is 6.07 Å². The fourth-order valence-corrected chi connectivity index (χ4v) is 2.12. The fraction of sp³-hybridized carbons (Fsp3) is 0.400. The van der Waals surface area contributed by atoms with Gasteiger partial charge >= 0.3 is 0 Å². The lowest BCUT2D eigenvalue weighted by Crippen LogP contribution is -2.37. The number of hydrogen-bond acceptors (Lipinski definition) is 3. The Morgan fingerprint density at radius 2 is 2.14 bits per heavy atom. The van der Waals surface area contributed by atoms with Crippen LogP contribution in [0.1, 0.15) is 23.6 Å². The lowest BCUT2D eigenvalue weighted by Gasteiger charge is -2.31. The molecule has 5 nitrogen and oxygen atoms in total. The van der Waals surface area contributed by atoms with Gasteiger partial charge in [-0.2, -0.15) is 5.26 Å². The summed E-state index contributed by atoms with van der Waals surface area (Å²) < 4.78 is 13.8. The molecule has 1 rings (SSSR count). The maximum absolute atomic E-state index is 13.8. The molecule has 3 N–H and O–H groups in total. The quantitative estimate of drug-likeness (QED) is 0.639. The van der Waals surface area contributed by atoms with E-state index in [1.807, 2.05) is 6.07 Å². The third kappa shape index (κ3) is 3.64. The molecule has 6 heteroatoms. The lowest BCUT2D eigenvalue weighted by molar-refractivity contribution is 0.0124. The number of nitriles is 1. The Hall–Kier alpha value is -2.26. The normalized spacial score (nSPS) is 16.0. The van der Waals surface area contributed by atoms with E-state index in [0.29, 0.717) is 16.7 Å². The minimum atomic E-state index is -1.59. The van der Waals surface area contributed by atoms with Gasteiger partial charge in [0.25, 0.3) is 0 Å². The molecule has 0 bridgehead atoms. The number of rotatable bonds is 5. The van der Waals surface area contributed by atoms with Crippen LogP contribution in [0.15, 0.2) is 22.1 Å². The van der Waals surface area contributed by atoms with Gasteiger partial charge in [-0.3, -0.25) is 4.99 Å². The Bertz CT molecular complexity index is 606. The zero-order chi connectivity index (χ0) is 16.0. The maximum atomic E-state index is 13.8. The Morgan fingerprint density at radius 1 is 1.48 bits per heavy atom. The number of halogens is 1. The molecule has 0 aliphatic rings. The highest BCUT2D eigenvalue weighted by Gasteiger charge is 2.37. The number of nitrogens with two attached hydrogens (primary N) is 1. The van der Waals surface area contributed by atoms with Crippen molar-refractivity contribution >= 4 is 12.7 Å². The van der Waals surface area contributed by atoms with Gasteiger partial charge in [0.2, 0.25) is 0 Å². The van der Waals surface area contributed by atoms with Crippen LogP contribution in [0.5, 0.6) is 0 Å². The van der Waals surface area contributed by atoms with Crippen LogP contribution in [0, 0.1) is 36.9 Å². The zero-order valence-electron chi connectivity index (χ0n) is 12.3. The molecule has 0 aliphatic carbocycles. The van der Waals surface area contributed by atoms with Gasteiger partial charge in [-0.05, 0) is 43.5 Å². The molecule has 0 spiro atoms. The highest BCUT2D eigenvalue weighted by atomic mass is 19.1. The summed E-state index contributed by atoms with van der Waals surface area (Å²) in [6.45, 7) is 4.87. The summed E-state index contributed by atoms with van der Waals surface area (Å²) in [4.78, 5) is 7.55. The molecule has 21 heavy (non-hydrogen) atoms. The number of nitrogens with zero attached hydrogens (tertiary/aromatic N) is 3. The minimum Gasteiger partial charge on any atom is -0.390 e. The van der Waals surface area contributed by atoms with Crippen LogP contribution in [0.25, 0.3) is 0 Å². The van der Waals surface area contributed by atoms with Crippen LogP contribution in [0.2, 0.25) is 0 Å². The Kier molecular flexibility index (Phi) is 5.56. The maximum Gasteiger partial charge on any atom is 0.126 e. The fourth-order valence-electron chi connectivity index (χ4n) is 2.12. The standard InChI is InChI=1S/C15H19FN4O/c1-10-4-11(2)14(16)5-13(10)15(21,12(3)6-17)7-19-9-20-8-18/h4-5,8-9,12,21H,7H2,1-3H3,(H2,18,19,20). The predicted molar refractivity (Wildman–Crippen MR) is 80.6 cm³/mol. The average Bonchev–Trinajstić information content (AvgIpc) is 2.46. The molecule has 0 fully saturated rings. The first-order chi connectivity index (χ1) is 9.86. The van der Waals surface area contributed by atoms with Crippen molar-refractivity contribution in [3.05, 3.63) is 34.6 Å². The minimum absolute atomic E-state index is 0.109. The van der Waals surface area contributed by atoms with E-state index in [1.54, 1.807) is 26.8 Å². The molecule has 2 unspecified atom stereocenters. The van der Waals surface area contributed by atoms with Gasteiger partial charge in [0.1, 0.15) is 17.8 Å². The highest BCUT2D eigenvalue weighted by Crippen LogP contribution is 2.33. The number of aryl methyl sites for hydroxylation is 2. The Morgan fingerprint density at radius 3 is 2.71 bits per heavy atom. The largest absolute Gasteiger partial charge is 0.390 e. The van der Waals surface area contributed by atoms with Crippen LogP contribution < -0.4 is 5.73 Å². The Balaban J connectivity index is 3.31. The Labute approximate surface area is 123 Å². The van der Waals surface area contributed by atoms with Crippen LogP contribution >= 0.6 is 0 Å². The summed E-state index contributed by atoms with van der Waals surface area (Å²) in [6, 6.07) is 4.90. The van der Waals surface area contributed by atoms with Crippen molar-refractivity contribution < 1.29 is 9.50 Å². The van der Waals surface area contributed by atoms with Gasteiger partial charge < -0.3 is 10.8 Å². The van der Waals surface area contributed by atoms with Gasteiger partial charge in [0.15, 0.2) is 0 Å². The van der Waals surface area contributed by atoms with Crippen molar-refractivity contribution in [2.45, 2.75) is 26.4 Å². The van der Waals surface area contributed by atoms with E-state index < -0.39 is 17.3 Å². The summed E-state index contributed by atoms with van der Waals surface area (Å²) in [5.74, 6) is -1.19. The molecule has 1 aromatic rings. The molecule has 112 valence electrons. The molecular weight excluding hydrogens is 271 g/mol. The van der Waals surface area contributed by atoms with Gasteiger partial charge in [0, 0.05) is 0 Å². The lowest BCUT2D eigenvalue weighted by atomic mass is 9.80. The second-order valence-corrected chi connectivity index (χ2v) is 4.95. The van der Waals surface area contributed by atoms with Gasteiger partial charge in [0.05, 0.1) is 24.9 Å². The van der Waals surface area contributed by atoms with Crippen molar-refractivity contribution in [1.82, 2.24) is 0 Å². The molecule has 1 aromatic carbocycles. The average molecular weight is 290 g/mol. The molecule has 0 saturated carbocycles. The molecule has 0 saturated heterocycles. The van der Waals surface area contributed by atoms with Crippen molar-refractivity contribution in [2.24, 2.45) is 21.6 Å². The van der Waals surface area contributed by atoms with Crippen molar-refractivity contribution in [1.29, 1.82) is 5.26 Å². The van der Waals surface area contributed by atoms with E-state index >= 15 is 0 Å².